The van der Waals surface area contributed by atoms with Crippen LogP contribution < -0.4 is 18.1 Å². The lowest BCUT2D eigenvalue weighted by Crippen LogP contribution is -2.11. The van der Waals surface area contributed by atoms with Gasteiger partial charge in [-0.05, 0) is 48.5 Å². The van der Waals surface area contributed by atoms with Gasteiger partial charge in [-0.15, -0.1) is 0 Å². The Hall–Kier alpha value is -3.54. The molecule has 4 rings (SSSR count). The van der Waals surface area contributed by atoms with E-state index in [2.05, 4.69) is 0 Å². The minimum atomic E-state index is -4.27. The average molecular weight is 512 g/mol. The molecule has 10 heteroatoms. The lowest BCUT2D eigenvalue weighted by Gasteiger charge is -2.21. The monoisotopic (exact) mass is 512 g/mol. The Morgan fingerprint density at radius 1 is 0.400 bits per heavy atom. The van der Waals surface area contributed by atoms with Crippen molar-refractivity contribution in [2.24, 2.45) is 0 Å². The molecule has 0 bridgehead atoms. The lowest BCUT2D eigenvalue weighted by molar-refractivity contribution is 0.0666. The van der Waals surface area contributed by atoms with Crippen molar-refractivity contribution in [2.45, 2.75) is 0 Å². The Kier molecular flexibility index (Phi) is 8.24. The summed E-state index contributed by atoms with van der Waals surface area (Å²) in [4.78, 5) is 0. The first-order chi connectivity index (χ1) is 17.0. The van der Waals surface area contributed by atoms with Crippen LogP contribution in [0, 0.1) is 0 Å². The van der Waals surface area contributed by atoms with Crippen molar-refractivity contribution >= 4 is 15.6 Å². The molecule has 0 fully saturated rings. The first-order valence-electron chi connectivity index (χ1n) is 10.5. The number of para-hydroxylation sites is 4. The van der Waals surface area contributed by atoms with E-state index in [-0.39, 0.29) is 23.0 Å². The highest BCUT2D eigenvalue weighted by Gasteiger charge is 2.36. The van der Waals surface area contributed by atoms with Crippen LogP contribution in [0.2, 0.25) is 0 Å². The predicted octanol–water partition coefficient (Wildman–Crippen LogP) is 7.51. The molecule has 0 amide bonds. The zero-order valence-corrected chi connectivity index (χ0v) is 20.2. The van der Waals surface area contributed by atoms with E-state index in [1.165, 1.54) is 0 Å². The van der Waals surface area contributed by atoms with Gasteiger partial charge in [0, 0.05) is 0 Å². The van der Waals surface area contributed by atoms with Crippen molar-refractivity contribution in [3.63, 3.8) is 0 Å². The highest BCUT2D eigenvalue weighted by atomic mass is 31.2. The van der Waals surface area contributed by atoms with E-state index in [1.807, 2.05) is 0 Å². The standard InChI is InChI=1S/C25H22O8P2/c26-34(30-22-13-5-1-6-14-22,31-23-15-7-2-8-16-23)28-21-29-35(27,32-24-17-9-3-10-18-24)33-25-19-11-4-12-20-25/h1-20H,21H2. The molecule has 0 heterocycles. The third-order valence-corrected chi connectivity index (χ3v) is 6.84. The topological polar surface area (TPSA) is 89.5 Å². The van der Waals surface area contributed by atoms with Crippen LogP contribution in [-0.4, -0.2) is 6.79 Å². The van der Waals surface area contributed by atoms with Gasteiger partial charge in [0.05, 0.1) is 0 Å². The largest absolute Gasteiger partial charge is 0.589 e. The second-order valence-corrected chi connectivity index (χ2v) is 9.92. The molecular weight excluding hydrogens is 490 g/mol. The molecule has 0 aliphatic heterocycles. The van der Waals surface area contributed by atoms with Gasteiger partial charge in [0.15, 0.2) is 6.79 Å². The SMILES string of the molecule is O=P(OCOP(=O)(Oc1ccccc1)Oc1ccccc1)(Oc1ccccc1)Oc1ccccc1. The van der Waals surface area contributed by atoms with Crippen LogP contribution in [0.3, 0.4) is 0 Å². The summed E-state index contributed by atoms with van der Waals surface area (Å²) in [5, 5.41) is 0. The predicted molar refractivity (Wildman–Crippen MR) is 131 cm³/mol. The summed E-state index contributed by atoms with van der Waals surface area (Å²) in [5.41, 5.74) is 0. The number of benzene rings is 4. The molecule has 0 aliphatic carbocycles. The summed E-state index contributed by atoms with van der Waals surface area (Å²) in [6.45, 7) is -0.784. The van der Waals surface area contributed by atoms with Gasteiger partial charge in [0.25, 0.3) is 0 Å². The molecule has 0 radical (unpaired) electrons. The molecule has 0 saturated heterocycles. The van der Waals surface area contributed by atoms with Crippen LogP contribution in [0.1, 0.15) is 0 Å². The molecule has 180 valence electrons. The van der Waals surface area contributed by atoms with Crippen LogP contribution >= 0.6 is 15.6 Å². The first-order valence-corrected chi connectivity index (χ1v) is 13.4. The van der Waals surface area contributed by atoms with E-state index in [0.29, 0.717) is 0 Å². The van der Waals surface area contributed by atoms with E-state index in [1.54, 1.807) is 121 Å². The zero-order chi connectivity index (χ0) is 24.4. The molecule has 35 heavy (non-hydrogen) atoms. The molecule has 0 atom stereocenters. The Morgan fingerprint density at radius 3 is 0.857 bits per heavy atom. The highest BCUT2D eigenvalue weighted by molar-refractivity contribution is 7.50. The van der Waals surface area contributed by atoms with Crippen molar-refractivity contribution in [1.29, 1.82) is 0 Å². The first kappa shape index (κ1) is 24.6. The number of hydrogen-bond donors (Lipinski definition) is 0. The third kappa shape index (κ3) is 7.74. The van der Waals surface area contributed by atoms with Crippen LogP contribution in [0.15, 0.2) is 121 Å². The smallest absolute Gasteiger partial charge is 0.395 e. The quantitative estimate of drug-likeness (QED) is 0.142. The van der Waals surface area contributed by atoms with E-state index in [0.717, 1.165) is 0 Å². The van der Waals surface area contributed by atoms with Crippen molar-refractivity contribution in [3.8, 4) is 23.0 Å². The third-order valence-electron chi connectivity index (χ3n) is 4.26. The van der Waals surface area contributed by atoms with Crippen molar-refractivity contribution in [1.82, 2.24) is 0 Å². The van der Waals surface area contributed by atoms with E-state index < -0.39 is 22.4 Å². The fourth-order valence-electron chi connectivity index (χ4n) is 2.74. The molecule has 4 aromatic rings. The molecule has 8 nitrogen and oxygen atoms in total. The fraction of sp³-hybridized carbons (Fsp3) is 0.0400. The van der Waals surface area contributed by atoms with Gasteiger partial charge in [-0.25, -0.2) is 18.2 Å². The zero-order valence-electron chi connectivity index (χ0n) is 18.4. The van der Waals surface area contributed by atoms with Crippen LogP contribution in [0.4, 0.5) is 0 Å². The van der Waals surface area contributed by atoms with Crippen LogP contribution in [0.25, 0.3) is 0 Å². The maximum absolute atomic E-state index is 13.4. The normalized spacial score (nSPS) is 11.4. The van der Waals surface area contributed by atoms with Crippen molar-refractivity contribution < 1.29 is 36.3 Å². The molecule has 0 saturated carbocycles. The molecule has 0 aromatic heterocycles. The molecule has 0 aliphatic rings. The van der Waals surface area contributed by atoms with Gasteiger partial charge in [-0.3, -0.25) is 0 Å². The molecule has 0 unspecified atom stereocenters. The van der Waals surface area contributed by atoms with Crippen molar-refractivity contribution in [2.75, 3.05) is 6.79 Å². The highest BCUT2D eigenvalue weighted by Crippen LogP contribution is 2.53. The Morgan fingerprint density at radius 2 is 0.629 bits per heavy atom. The summed E-state index contributed by atoms with van der Waals surface area (Å²) in [7, 11) is -8.54. The second-order valence-electron chi connectivity index (χ2n) is 6.89. The molecule has 4 aromatic carbocycles. The second kappa shape index (κ2) is 11.7. The maximum atomic E-state index is 13.4. The Bertz CT molecular complexity index is 1080. The number of hydrogen-bond acceptors (Lipinski definition) is 8. The van der Waals surface area contributed by atoms with Gasteiger partial charge >= 0.3 is 15.6 Å². The fourth-order valence-corrected chi connectivity index (χ4v) is 4.99. The van der Waals surface area contributed by atoms with E-state index >= 15 is 0 Å². The van der Waals surface area contributed by atoms with Gasteiger partial charge in [-0.1, -0.05) is 72.8 Å². The summed E-state index contributed by atoms with van der Waals surface area (Å²) < 4.78 is 59.7. The van der Waals surface area contributed by atoms with Crippen molar-refractivity contribution in [3.05, 3.63) is 121 Å². The van der Waals surface area contributed by atoms with Crippen LogP contribution in [0.5, 0.6) is 23.0 Å². The maximum Gasteiger partial charge on any atom is 0.589 e. The summed E-state index contributed by atoms with van der Waals surface area (Å²) in [6.07, 6.45) is 0. The van der Waals surface area contributed by atoms with E-state index in [4.69, 9.17) is 27.1 Å². The Balaban J connectivity index is 1.51. The number of rotatable bonds is 12. The number of phosphoric ester groups is 2. The van der Waals surface area contributed by atoms with Crippen LogP contribution in [-0.2, 0) is 18.2 Å². The van der Waals surface area contributed by atoms with Gasteiger partial charge in [0.1, 0.15) is 23.0 Å². The minimum absolute atomic E-state index is 0.246. The molecule has 0 spiro atoms. The van der Waals surface area contributed by atoms with Gasteiger partial charge in [0.2, 0.25) is 0 Å². The Labute approximate surface area is 203 Å². The summed E-state index contributed by atoms with van der Waals surface area (Å²) in [5.74, 6) is 0.985. The van der Waals surface area contributed by atoms with E-state index in [9.17, 15) is 9.13 Å². The summed E-state index contributed by atoms with van der Waals surface area (Å²) in [6, 6.07) is 33.4. The molecule has 0 N–H and O–H groups in total. The lowest BCUT2D eigenvalue weighted by atomic mass is 10.3. The minimum Gasteiger partial charge on any atom is -0.395 e. The van der Waals surface area contributed by atoms with Gasteiger partial charge < -0.3 is 18.1 Å². The number of phosphoric acid groups is 2. The van der Waals surface area contributed by atoms with Gasteiger partial charge in [-0.2, -0.15) is 0 Å². The molecular formula is C25H22O8P2. The average Bonchev–Trinajstić information content (AvgIpc) is 2.86. The summed E-state index contributed by atoms with van der Waals surface area (Å²) >= 11 is 0.